The number of guanidine groups is 1. The van der Waals surface area contributed by atoms with E-state index in [-0.39, 0.29) is 5.75 Å². The van der Waals surface area contributed by atoms with Gasteiger partial charge in [0.2, 0.25) is 10.0 Å². The Balaban J connectivity index is 1.79. The molecule has 0 unspecified atom stereocenters. The summed E-state index contributed by atoms with van der Waals surface area (Å²) in [6.45, 7) is 3.95. The van der Waals surface area contributed by atoms with E-state index in [9.17, 15) is 8.42 Å². The van der Waals surface area contributed by atoms with Crippen molar-refractivity contribution in [3.8, 4) is 0 Å². The van der Waals surface area contributed by atoms with Crippen LogP contribution in [0.5, 0.6) is 0 Å². The van der Waals surface area contributed by atoms with Gasteiger partial charge in [0.1, 0.15) is 0 Å². The topological polar surface area (TPSA) is 82.6 Å². The van der Waals surface area contributed by atoms with Gasteiger partial charge in [-0.25, -0.2) is 18.1 Å². The molecule has 140 valence electrons. The maximum atomic E-state index is 12.0. The van der Waals surface area contributed by atoms with Crippen molar-refractivity contribution in [2.24, 2.45) is 10.9 Å². The Hall–Kier alpha value is -1.31. The van der Waals surface area contributed by atoms with E-state index < -0.39 is 10.0 Å². The molecule has 1 aliphatic carbocycles. The summed E-state index contributed by atoms with van der Waals surface area (Å²) in [5.41, 5.74) is 0.927. The van der Waals surface area contributed by atoms with Crippen molar-refractivity contribution in [3.63, 3.8) is 0 Å². The van der Waals surface area contributed by atoms with Crippen LogP contribution in [-0.2, 0) is 16.6 Å². The smallest absolute Gasteiger partial charge is 0.213 e. The van der Waals surface area contributed by atoms with Gasteiger partial charge >= 0.3 is 0 Å². The van der Waals surface area contributed by atoms with Crippen LogP contribution in [0.25, 0.3) is 0 Å². The molecule has 8 heteroatoms. The van der Waals surface area contributed by atoms with Crippen molar-refractivity contribution in [2.45, 2.75) is 32.7 Å². The molecule has 0 aliphatic heterocycles. The summed E-state index contributed by atoms with van der Waals surface area (Å²) in [5.74, 6) is 1.12. The second-order valence-electron chi connectivity index (χ2n) is 6.18. The molecule has 1 aliphatic rings. The van der Waals surface area contributed by atoms with E-state index in [1.165, 1.54) is 6.42 Å². The van der Waals surface area contributed by atoms with Gasteiger partial charge in [0, 0.05) is 24.7 Å². The van der Waals surface area contributed by atoms with Crippen LogP contribution in [0, 0.1) is 5.92 Å². The molecule has 1 fully saturated rings. The molecule has 0 bridgehead atoms. The first-order valence-electron chi connectivity index (χ1n) is 8.73. The minimum Gasteiger partial charge on any atom is -0.357 e. The second kappa shape index (κ2) is 9.99. The fourth-order valence-corrected chi connectivity index (χ4v) is 3.65. The van der Waals surface area contributed by atoms with Crippen LogP contribution < -0.4 is 15.4 Å². The van der Waals surface area contributed by atoms with Crippen LogP contribution in [0.4, 0.5) is 0 Å². The van der Waals surface area contributed by atoms with Crippen LogP contribution in [-0.4, -0.2) is 39.8 Å². The first-order valence-corrected chi connectivity index (χ1v) is 10.8. The molecule has 0 amide bonds. The summed E-state index contributed by atoms with van der Waals surface area (Å²) in [7, 11) is -3.25. The fraction of sp³-hybridized carbons (Fsp3) is 0.588. The number of sulfonamides is 1. The van der Waals surface area contributed by atoms with Gasteiger partial charge in [-0.15, -0.1) is 0 Å². The molecule has 1 aromatic rings. The Morgan fingerprint density at radius 1 is 1.28 bits per heavy atom. The predicted molar refractivity (Wildman–Crippen MR) is 103 cm³/mol. The number of nitrogens with one attached hydrogen (secondary N) is 3. The highest BCUT2D eigenvalue weighted by molar-refractivity contribution is 7.89. The highest BCUT2D eigenvalue weighted by Gasteiger charge is 2.20. The van der Waals surface area contributed by atoms with Crippen molar-refractivity contribution in [1.82, 2.24) is 15.4 Å². The molecule has 0 aromatic heterocycles. The number of nitrogens with zero attached hydrogens (tertiary/aromatic N) is 1. The van der Waals surface area contributed by atoms with E-state index >= 15 is 0 Å². The van der Waals surface area contributed by atoms with Gasteiger partial charge in [0.15, 0.2) is 5.96 Å². The molecule has 0 saturated heterocycles. The monoisotopic (exact) mass is 386 g/mol. The van der Waals surface area contributed by atoms with Crippen molar-refractivity contribution >= 4 is 27.6 Å². The van der Waals surface area contributed by atoms with Crippen LogP contribution in [0.2, 0.25) is 5.02 Å². The summed E-state index contributed by atoms with van der Waals surface area (Å²) in [6, 6.07) is 7.54. The molecular formula is C17H27ClN4O2S. The first kappa shape index (κ1) is 20.0. The third kappa shape index (κ3) is 7.22. The molecule has 6 nitrogen and oxygen atoms in total. The summed E-state index contributed by atoms with van der Waals surface area (Å²) in [5, 5.41) is 6.84. The Morgan fingerprint density at radius 3 is 2.68 bits per heavy atom. The number of hydrogen-bond acceptors (Lipinski definition) is 3. The lowest BCUT2D eigenvalue weighted by molar-refractivity contribution is 0.316. The Kier molecular flexibility index (Phi) is 7.99. The standard InChI is InChI=1S/C17H27ClN4O2S/c1-2-19-17(21-13-15-8-3-4-9-16(15)18)20-10-11-25(23,24)22-12-14-6-5-7-14/h3-4,8-9,14,22H,2,5-7,10-13H2,1H3,(H2,19,20,21). The predicted octanol–water partition coefficient (Wildman–Crippen LogP) is 2.11. The number of halogens is 1. The summed E-state index contributed by atoms with van der Waals surface area (Å²) >= 11 is 6.13. The van der Waals surface area contributed by atoms with Crippen molar-refractivity contribution in [3.05, 3.63) is 34.9 Å². The molecule has 25 heavy (non-hydrogen) atoms. The third-order valence-electron chi connectivity index (χ3n) is 4.19. The third-order valence-corrected chi connectivity index (χ3v) is 5.91. The van der Waals surface area contributed by atoms with E-state index in [2.05, 4.69) is 20.3 Å². The van der Waals surface area contributed by atoms with Gasteiger partial charge in [-0.2, -0.15) is 0 Å². The minimum atomic E-state index is -3.25. The Morgan fingerprint density at radius 2 is 2.04 bits per heavy atom. The molecule has 0 radical (unpaired) electrons. The maximum Gasteiger partial charge on any atom is 0.213 e. The number of hydrogen-bond donors (Lipinski definition) is 3. The minimum absolute atomic E-state index is 0.0240. The summed E-state index contributed by atoms with van der Waals surface area (Å²) in [4.78, 5) is 4.46. The van der Waals surface area contributed by atoms with Crippen molar-refractivity contribution < 1.29 is 8.42 Å². The number of rotatable bonds is 9. The average molecular weight is 387 g/mol. The SMILES string of the molecule is CCNC(=NCc1ccccc1Cl)NCCS(=O)(=O)NCC1CCC1. The zero-order chi connectivity index (χ0) is 18.1. The van der Waals surface area contributed by atoms with Crippen LogP contribution >= 0.6 is 11.6 Å². The Labute approximate surface area is 155 Å². The lowest BCUT2D eigenvalue weighted by Gasteiger charge is -2.25. The van der Waals surface area contributed by atoms with E-state index in [0.717, 1.165) is 18.4 Å². The quantitative estimate of drug-likeness (QED) is 0.448. The maximum absolute atomic E-state index is 12.0. The lowest BCUT2D eigenvalue weighted by Crippen LogP contribution is -2.42. The van der Waals surface area contributed by atoms with Gasteiger partial charge in [-0.3, -0.25) is 0 Å². The molecule has 1 saturated carbocycles. The van der Waals surface area contributed by atoms with Gasteiger partial charge in [-0.1, -0.05) is 36.2 Å². The molecule has 2 rings (SSSR count). The zero-order valence-electron chi connectivity index (χ0n) is 14.6. The van der Waals surface area contributed by atoms with Crippen LogP contribution in [0.1, 0.15) is 31.7 Å². The van der Waals surface area contributed by atoms with Crippen LogP contribution in [0.3, 0.4) is 0 Å². The normalized spacial score (nSPS) is 15.7. The van der Waals surface area contributed by atoms with E-state index in [0.29, 0.717) is 43.1 Å². The molecule has 3 N–H and O–H groups in total. The highest BCUT2D eigenvalue weighted by atomic mass is 35.5. The fourth-order valence-electron chi connectivity index (χ4n) is 2.45. The molecule has 0 heterocycles. The zero-order valence-corrected chi connectivity index (χ0v) is 16.2. The van der Waals surface area contributed by atoms with Crippen molar-refractivity contribution in [2.75, 3.05) is 25.4 Å². The lowest BCUT2D eigenvalue weighted by atomic mass is 9.86. The van der Waals surface area contributed by atoms with Crippen LogP contribution in [0.15, 0.2) is 29.3 Å². The molecule has 0 atom stereocenters. The van der Waals surface area contributed by atoms with E-state index in [1.54, 1.807) is 0 Å². The van der Waals surface area contributed by atoms with Gasteiger partial charge < -0.3 is 10.6 Å². The highest BCUT2D eigenvalue weighted by Crippen LogP contribution is 2.25. The Bertz CT molecular complexity index is 675. The number of benzene rings is 1. The first-order chi connectivity index (χ1) is 12.0. The van der Waals surface area contributed by atoms with E-state index in [1.807, 2.05) is 31.2 Å². The van der Waals surface area contributed by atoms with E-state index in [4.69, 9.17) is 11.6 Å². The van der Waals surface area contributed by atoms with Gasteiger partial charge in [-0.05, 0) is 37.3 Å². The summed E-state index contributed by atoms with van der Waals surface area (Å²) < 4.78 is 26.7. The number of aliphatic imine (C=N–C) groups is 1. The van der Waals surface area contributed by atoms with Gasteiger partial charge in [0.05, 0.1) is 12.3 Å². The van der Waals surface area contributed by atoms with Gasteiger partial charge in [0.25, 0.3) is 0 Å². The summed E-state index contributed by atoms with van der Waals surface area (Å²) in [6.07, 6.45) is 3.46. The van der Waals surface area contributed by atoms with Crippen molar-refractivity contribution in [1.29, 1.82) is 0 Å². The molecular weight excluding hydrogens is 360 g/mol. The molecule has 0 spiro atoms. The largest absolute Gasteiger partial charge is 0.357 e. The second-order valence-corrected chi connectivity index (χ2v) is 8.51. The average Bonchev–Trinajstić information content (AvgIpc) is 2.52. The molecule has 1 aromatic carbocycles.